The number of carbonyl (C=O) groups is 2. The summed E-state index contributed by atoms with van der Waals surface area (Å²) in [5.74, 6) is -0.585. The molecule has 0 aliphatic heterocycles. The summed E-state index contributed by atoms with van der Waals surface area (Å²) in [6.45, 7) is 6.32. The van der Waals surface area contributed by atoms with E-state index in [2.05, 4.69) is 86.8 Å². The lowest BCUT2D eigenvalue weighted by Gasteiger charge is -2.24. The highest BCUT2D eigenvalue weighted by Gasteiger charge is 2.23. The topological polar surface area (TPSA) is 95.9 Å². The number of rotatable bonds is 45. The fourth-order valence-electron chi connectivity index (χ4n) is 7.39. The molecule has 0 aromatic heterocycles. The van der Waals surface area contributed by atoms with E-state index in [1.165, 1.54) is 122 Å². The summed E-state index contributed by atoms with van der Waals surface area (Å²) >= 11 is 0. The monoisotopic (exact) mass is 852 g/mol. The molecule has 0 bridgehead atoms. The first-order valence-electron chi connectivity index (χ1n) is 25.7. The third kappa shape index (κ3) is 43.7. The second-order valence-corrected chi connectivity index (χ2v) is 17.2. The van der Waals surface area contributed by atoms with Crippen molar-refractivity contribution in [2.75, 3.05) is 6.61 Å². The minimum Gasteiger partial charge on any atom is -0.461 e. The normalized spacial score (nSPS) is 13.9. The molecule has 6 nitrogen and oxygen atoms in total. The van der Waals surface area contributed by atoms with Crippen LogP contribution in [0, 0.1) is 0 Å². The summed E-state index contributed by atoms with van der Waals surface area (Å²) in [5, 5.41) is 23.7. The maximum Gasteiger partial charge on any atom is 0.306 e. The number of hydrogen-bond donors (Lipinski definition) is 3. The summed E-state index contributed by atoms with van der Waals surface area (Å²) in [6.07, 6.45) is 61.2. The first-order valence-corrected chi connectivity index (χ1v) is 25.7. The van der Waals surface area contributed by atoms with Crippen LogP contribution in [0.25, 0.3) is 0 Å². The van der Waals surface area contributed by atoms with Gasteiger partial charge in [-0.05, 0) is 70.6 Å². The molecule has 0 aromatic rings. The van der Waals surface area contributed by atoms with E-state index in [9.17, 15) is 19.8 Å². The van der Waals surface area contributed by atoms with Crippen LogP contribution in [-0.4, -0.2) is 46.9 Å². The van der Waals surface area contributed by atoms with Gasteiger partial charge in [0.25, 0.3) is 0 Å². The van der Waals surface area contributed by atoms with Crippen molar-refractivity contribution in [1.82, 2.24) is 5.32 Å². The molecular weight excluding hydrogens is 755 g/mol. The Labute approximate surface area is 377 Å². The van der Waals surface area contributed by atoms with Gasteiger partial charge < -0.3 is 20.3 Å². The van der Waals surface area contributed by atoms with Gasteiger partial charge in [0.1, 0.15) is 6.10 Å². The molecule has 352 valence electrons. The molecule has 0 spiro atoms. The zero-order valence-corrected chi connectivity index (χ0v) is 40.0. The van der Waals surface area contributed by atoms with Crippen molar-refractivity contribution in [2.45, 2.75) is 257 Å². The van der Waals surface area contributed by atoms with Crippen LogP contribution in [0.15, 0.2) is 72.9 Å². The van der Waals surface area contributed by atoms with Crippen LogP contribution in [0.2, 0.25) is 0 Å². The molecule has 3 unspecified atom stereocenters. The number of hydrogen-bond acceptors (Lipinski definition) is 5. The Bertz CT molecular complexity index is 1140. The van der Waals surface area contributed by atoms with Gasteiger partial charge in [0, 0.05) is 12.8 Å². The zero-order valence-electron chi connectivity index (χ0n) is 40.0. The molecule has 3 atom stereocenters. The van der Waals surface area contributed by atoms with Crippen LogP contribution in [0.4, 0.5) is 0 Å². The summed E-state index contributed by atoms with van der Waals surface area (Å²) in [6, 6.07) is -0.734. The number of ether oxygens (including phenoxy) is 1. The van der Waals surface area contributed by atoms with Gasteiger partial charge in [-0.15, -0.1) is 0 Å². The van der Waals surface area contributed by atoms with E-state index in [0.29, 0.717) is 19.3 Å². The predicted molar refractivity (Wildman–Crippen MR) is 264 cm³/mol. The van der Waals surface area contributed by atoms with Gasteiger partial charge in [-0.1, -0.05) is 222 Å². The van der Waals surface area contributed by atoms with Gasteiger partial charge in [-0.2, -0.15) is 0 Å². The number of esters is 1. The van der Waals surface area contributed by atoms with Crippen molar-refractivity contribution in [1.29, 1.82) is 0 Å². The second-order valence-electron chi connectivity index (χ2n) is 17.2. The Kier molecular flexibility index (Phi) is 46.2. The summed E-state index contributed by atoms with van der Waals surface area (Å²) in [4.78, 5) is 26.1. The predicted octanol–water partition coefficient (Wildman–Crippen LogP) is 15.4. The van der Waals surface area contributed by atoms with Gasteiger partial charge in [0.2, 0.25) is 5.91 Å². The molecule has 0 fully saturated rings. The van der Waals surface area contributed by atoms with Gasteiger partial charge in [0.05, 0.1) is 25.2 Å². The first kappa shape index (κ1) is 58.3. The lowest BCUT2D eigenvalue weighted by atomic mass is 10.0. The SMILES string of the molecule is CC/C=C\C/C=C\C/C=C\C/C=C\C/C=C\CC(CC(=O)NC(CO)C(O)CCCCCCCCCCCCCC)OC(=O)CCCCCCCCC/C=C\CCCCCC. The fraction of sp³-hybridized carbons (Fsp3) is 0.745. The molecule has 1 amide bonds. The molecule has 0 saturated carbocycles. The molecule has 0 aliphatic carbocycles. The minimum atomic E-state index is -0.814. The number of aliphatic hydroxyl groups excluding tert-OH is 2. The molecule has 61 heavy (non-hydrogen) atoms. The van der Waals surface area contributed by atoms with Gasteiger partial charge >= 0.3 is 5.97 Å². The number of aliphatic hydroxyl groups is 2. The van der Waals surface area contributed by atoms with Crippen LogP contribution in [0.3, 0.4) is 0 Å². The Morgan fingerprint density at radius 1 is 0.508 bits per heavy atom. The lowest BCUT2D eigenvalue weighted by molar-refractivity contribution is -0.150. The van der Waals surface area contributed by atoms with Crippen LogP contribution >= 0.6 is 0 Å². The molecule has 0 aliphatic rings. The number of unbranched alkanes of at least 4 members (excludes halogenated alkanes) is 22. The summed E-state index contributed by atoms with van der Waals surface area (Å²) in [7, 11) is 0. The Balaban J connectivity index is 4.73. The van der Waals surface area contributed by atoms with Crippen molar-refractivity contribution in [3.8, 4) is 0 Å². The van der Waals surface area contributed by atoms with E-state index in [0.717, 1.165) is 70.6 Å². The van der Waals surface area contributed by atoms with Crippen molar-refractivity contribution >= 4 is 11.9 Å². The molecule has 0 rings (SSSR count). The Hall–Kier alpha value is -2.70. The van der Waals surface area contributed by atoms with E-state index in [1.54, 1.807) is 0 Å². The fourth-order valence-corrected chi connectivity index (χ4v) is 7.39. The molecule has 0 radical (unpaired) electrons. The highest BCUT2D eigenvalue weighted by Crippen LogP contribution is 2.16. The van der Waals surface area contributed by atoms with Crippen molar-refractivity contribution in [2.24, 2.45) is 0 Å². The summed E-state index contributed by atoms with van der Waals surface area (Å²) < 4.78 is 5.87. The van der Waals surface area contributed by atoms with E-state index >= 15 is 0 Å². The number of carbonyl (C=O) groups excluding carboxylic acids is 2. The van der Waals surface area contributed by atoms with Gasteiger partial charge in [0.15, 0.2) is 0 Å². The van der Waals surface area contributed by atoms with Gasteiger partial charge in [-0.3, -0.25) is 9.59 Å². The average molecular weight is 852 g/mol. The number of amides is 1. The molecule has 0 aromatic carbocycles. The van der Waals surface area contributed by atoms with E-state index in [-0.39, 0.29) is 24.9 Å². The maximum absolute atomic E-state index is 13.2. The van der Waals surface area contributed by atoms with Crippen LogP contribution in [0.1, 0.15) is 239 Å². The third-order valence-corrected chi connectivity index (χ3v) is 11.3. The van der Waals surface area contributed by atoms with Crippen molar-refractivity contribution < 1.29 is 24.5 Å². The van der Waals surface area contributed by atoms with E-state index in [1.807, 2.05) is 12.2 Å². The highest BCUT2D eigenvalue weighted by atomic mass is 16.5. The smallest absolute Gasteiger partial charge is 0.306 e. The Morgan fingerprint density at radius 3 is 1.39 bits per heavy atom. The number of nitrogens with one attached hydrogen (secondary N) is 1. The van der Waals surface area contributed by atoms with Crippen molar-refractivity contribution in [3.05, 3.63) is 72.9 Å². The van der Waals surface area contributed by atoms with Gasteiger partial charge in [-0.25, -0.2) is 0 Å². The molecule has 0 saturated heterocycles. The van der Waals surface area contributed by atoms with E-state index in [4.69, 9.17) is 4.74 Å². The third-order valence-electron chi connectivity index (χ3n) is 11.3. The molecule has 6 heteroatoms. The largest absolute Gasteiger partial charge is 0.461 e. The lowest BCUT2D eigenvalue weighted by Crippen LogP contribution is -2.46. The van der Waals surface area contributed by atoms with Crippen LogP contribution in [0.5, 0.6) is 0 Å². The first-order chi connectivity index (χ1) is 30.0. The standard InChI is InChI=1S/C55H97NO5/c1-4-7-10-13-16-19-22-25-27-29-31-34-37-40-43-46-51(61-55(60)48-45-42-39-36-33-30-28-26-23-20-17-14-11-8-5-2)49-54(59)56-52(50-57)53(58)47-44-41-38-35-32-24-21-18-15-12-9-6-3/h7,10,16,19-20,23,25,27,31,34,40,43,51-53,57-58H,4-6,8-9,11-15,17-18,21-22,24,26,28-30,32-33,35-39,41-42,44-50H2,1-3H3,(H,56,59)/b10-7-,19-16-,23-20-,27-25-,34-31-,43-40-. The maximum atomic E-state index is 13.2. The molecule has 0 heterocycles. The number of allylic oxidation sites excluding steroid dienone is 11. The molecular formula is C55H97NO5. The Morgan fingerprint density at radius 2 is 0.918 bits per heavy atom. The highest BCUT2D eigenvalue weighted by molar-refractivity contribution is 5.77. The van der Waals surface area contributed by atoms with E-state index < -0.39 is 18.2 Å². The van der Waals surface area contributed by atoms with Crippen LogP contribution in [-0.2, 0) is 14.3 Å². The summed E-state index contributed by atoms with van der Waals surface area (Å²) in [5.41, 5.74) is 0. The van der Waals surface area contributed by atoms with Crippen molar-refractivity contribution in [3.63, 3.8) is 0 Å². The quantitative estimate of drug-likeness (QED) is 0.0322. The molecule has 3 N–H and O–H groups in total. The zero-order chi connectivity index (χ0) is 44.5. The minimum absolute atomic E-state index is 0.00405. The average Bonchev–Trinajstić information content (AvgIpc) is 3.25. The second kappa shape index (κ2) is 48.3. The van der Waals surface area contributed by atoms with Crippen LogP contribution < -0.4 is 5.32 Å².